The second-order valence-corrected chi connectivity index (χ2v) is 10.6. The number of benzene rings is 2. The third kappa shape index (κ3) is 6.92. The molecule has 4 rings (SSSR count). The molecule has 184 valence electrons. The van der Waals surface area contributed by atoms with Crippen LogP contribution in [0.1, 0.15) is 5.56 Å². The van der Waals surface area contributed by atoms with Crippen LogP contribution < -0.4 is 14.8 Å². The summed E-state index contributed by atoms with van der Waals surface area (Å²) in [7, 11) is -3.34. The molecule has 1 saturated heterocycles. The van der Waals surface area contributed by atoms with Gasteiger partial charge in [-0.25, -0.2) is 12.7 Å². The fourth-order valence-electron chi connectivity index (χ4n) is 4.14. The molecule has 2 aromatic rings. The summed E-state index contributed by atoms with van der Waals surface area (Å²) in [6.07, 6.45) is 1.22. The minimum Gasteiger partial charge on any atom is -0.486 e. The van der Waals surface area contributed by atoms with Gasteiger partial charge in [-0.05, 0) is 17.7 Å². The molecular formula is C24H31N3O6S. The average Bonchev–Trinajstić information content (AvgIpc) is 3.02. The van der Waals surface area contributed by atoms with Crippen molar-refractivity contribution in [2.24, 2.45) is 5.92 Å². The second-order valence-electron chi connectivity index (χ2n) is 8.63. The SMILES string of the molecule is CS(=O)(=O)N1CCN(CC(=O)Nc2ccc3c(c2)OCCO3)CC(COCc2ccccc2)C1. The predicted octanol–water partition coefficient (Wildman–Crippen LogP) is 1.81. The number of fused-ring (bicyclic) bond motifs is 1. The highest BCUT2D eigenvalue weighted by Gasteiger charge is 2.28. The Balaban J connectivity index is 1.35. The van der Waals surface area contributed by atoms with E-state index in [1.165, 1.54) is 10.6 Å². The molecule has 2 heterocycles. The zero-order valence-corrected chi connectivity index (χ0v) is 20.1. The van der Waals surface area contributed by atoms with Gasteiger partial charge in [-0.2, -0.15) is 0 Å². The number of carbonyl (C=O) groups excluding carboxylic acids is 1. The van der Waals surface area contributed by atoms with Crippen molar-refractivity contribution in [3.8, 4) is 11.5 Å². The van der Waals surface area contributed by atoms with E-state index in [9.17, 15) is 13.2 Å². The Morgan fingerprint density at radius 1 is 1.06 bits per heavy atom. The topological polar surface area (TPSA) is 97.4 Å². The first-order valence-electron chi connectivity index (χ1n) is 11.4. The summed E-state index contributed by atoms with van der Waals surface area (Å²) in [6, 6.07) is 15.1. The zero-order valence-electron chi connectivity index (χ0n) is 19.3. The van der Waals surface area contributed by atoms with Gasteiger partial charge in [-0.1, -0.05) is 30.3 Å². The lowest BCUT2D eigenvalue weighted by Crippen LogP contribution is -2.38. The van der Waals surface area contributed by atoms with Gasteiger partial charge in [-0.15, -0.1) is 0 Å². The van der Waals surface area contributed by atoms with Crippen molar-refractivity contribution in [2.45, 2.75) is 6.61 Å². The van der Waals surface area contributed by atoms with Crippen molar-refractivity contribution < 1.29 is 27.4 Å². The van der Waals surface area contributed by atoms with Gasteiger partial charge < -0.3 is 19.5 Å². The van der Waals surface area contributed by atoms with Gasteiger partial charge in [-0.3, -0.25) is 9.69 Å². The number of ether oxygens (including phenoxy) is 3. The number of hydrogen-bond donors (Lipinski definition) is 1. The molecule has 0 aliphatic carbocycles. The third-order valence-corrected chi connectivity index (χ3v) is 7.04. The van der Waals surface area contributed by atoms with E-state index in [1.807, 2.05) is 35.2 Å². The van der Waals surface area contributed by atoms with E-state index in [0.29, 0.717) is 69.8 Å². The van der Waals surface area contributed by atoms with Crippen molar-refractivity contribution in [1.82, 2.24) is 9.21 Å². The molecule has 2 aromatic carbocycles. The highest BCUT2D eigenvalue weighted by Crippen LogP contribution is 2.32. The number of sulfonamides is 1. The lowest BCUT2D eigenvalue weighted by atomic mass is 10.1. The molecule has 34 heavy (non-hydrogen) atoms. The largest absolute Gasteiger partial charge is 0.486 e. The van der Waals surface area contributed by atoms with Gasteiger partial charge in [0.05, 0.1) is 26.0 Å². The monoisotopic (exact) mass is 489 g/mol. The minimum atomic E-state index is -3.34. The van der Waals surface area contributed by atoms with Crippen molar-refractivity contribution in [1.29, 1.82) is 0 Å². The Kier molecular flexibility index (Phi) is 8.04. The van der Waals surface area contributed by atoms with E-state index in [-0.39, 0.29) is 18.4 Å². The Hall–Kier alpha value is -2.66. The summed E-state index contributed by atoms with van der Waals surface area (Å²) in [4.78, 5) is 14.7. The molecule has 0 spiro atoms. The Morgan fingerprint density at radius 2 is 1.82 bits per heavy atom. The van der Waals surface area contributed by atoms with E-state index < -0.39 is 10.0 Å². The average molecular weight is 490 g/mol. The fraction of sp³-hybridized carbons (Fsp3) is 0.458. The van der Waals surface area contributed by atoms with Gasteiger partial charge in [0.1, 0.15) is 13.2 Å². The van der Waals surface area contributed by atoms with Crippen LogP contribution in [0.3, 0.4) is 0 Å². The van der Waals surface area contributed by atoms with Crippen LogP contribution in [0.15, 0.2) is 48.5 Å². The van der Waals surface area contributed by atoms with Crippen molar-refractivity contribution in [2.75, 3.05) is 64.1 Å². The maximum absolute atomic E-state index is 12.8. The third-order valence-electron chi connectivity index (χ3n) is 5.77. The maximum Gasteiger partial charge on any atom is 0.238 e. The highest BCUT2D eigenvalue weighted by molar-refractivity contribution is 7.88. The molecule has 0 saturated carbocycles. The van der Waals surface area contributed by atoms with Crippen LogP contribution in [0, 0.1) is 5.92 Å². The van der Waals surface area contributed by atoms with E-state index in [1.54, 1.807) is 18.2 Å². The normalized spacial score (nSPS) is 19.4. The summed E-state index contributed by atoms with van der Waals surface area (Å²) < 4.78 is 42.9. The molecule has 1 atom stereocenters. The van der Waals surface area contributed by atoms with E-state index in [0.717, 1.165) is 5.56 Å². The quantitative estimate of drug-likeness (QED) is 0.604. The summed E-state index contributed by atoms with van der Waals surface area (Å²) in [5.74, 6) is 1.05. The van der Waals surface area contributed by atoms with Gasteiger partial charge in [0.25, 0.3) is 0 Å². The standard InChI is InChI=1S/C24H31N3O6S/c1-34(29,30)27-10-9-26(14-20(15-27)18-31-17-19-5-3-2-4-6-19)16-24(28)25-21-7-8-22-23(13-21)33-12-11-32-22/h2-8,13,20H,9-12,14-18H2,1H3,(H,25,28). The smallest absolute Gasteiger partial charge is 0.238 e. The van der Waals surface area contributed by atoms with Crippen LogP contribution >= 0.6 is 0 Å². The summed E-state index contributed by atoms with van der Waals surface area (Å²) >= 11 is 0. The summed E-state index contributed by atoms with van der Waals surface area (Å²) in [5.41, 5.74) is 1.69. The molecule has 1 unspecified atom stereocenters. The summed E-state index contributed by atoms with van der Waals surface area (Å²) in [5, 5.41) is 2.90. The molecule has 1 amide bonds. The number of carbonyl (C=O) groups is 1. The Labute approximate surface area is 200 Å². The second kappa shape index (κ2) is 11.2. The van der Waals surface area contributed by atoms with Gasteiger partial charge >= 0.3 is 0 Å². The van der Waals surface area contributed by atoms with Crippen LogP contribution in [0.4, 0.5) is 5.69 Å². The lowest BCUT2D eigenvalue weighted by molar-refractivity contribution is -0.117. The summed E-state index contributed by atoms with van der Waals surface area (Å²) in [6.45, 7) is 3.74. The van der Waals surface area contributed by atoms with Crippen LogP contribution in [0.25, 0.3) is 0 Å². The number of nitrogens with one attached hydrogen (secondary N) is 1. The van der Waals surface area contributed by atoms with Gasteiger partial charge in [0.2, 0.25) is 15.9 Å². The first kappa shape index (κ1) is 24.5. The van der Waals surface area contributed by atoms with Crippen molar-refractivity contribution >= 4 is 21.6 Å². The molecule has 2 aliphatic heterocycles. The number of amides is 1. The first-order chi connectivity index (χ1) is 16.4. The number of nitrogens with zero attached hydrogens (tertiary/aromatic N) is 2. The van der Waals surface area contributed by atoms with E-state index in [2.05, 4.69) is 5.32 Å². The molecule has 9 nitrogen and oxygen atoms in total. The molecular weight excluding hydrogens is 458 g/mol. The number of anilines is 1. The molecule has 1 fully saturated rings. The molecule has 2 aliphatic rings. The van der Waals surface area contributed by atoms with Crippen LogP contribution in [0.2, 0.25) is 0 Å². The van der Waals surface area contributed by atoms with Crippen molar-refractivity contribution in [3.63, 3.8) is 0 Å². The van der Waals surface area contributed by atoms with Gasteiger partial charge in [0.15, 0.2) is 11.5 Å². The molecule has 0 bridgehead atoms. The van der Waals surface area contributed by atoms with Crippen molar-refractivity contribution in [3.05, 3.63) is 54.1 Å². The highest BCUT2D eigenvalue weighted by atomic mass is 32.2. The van der Waals surface area contributed by atoms with Gasteiger partial charge in [0, 0.05) is 43.9 Å². The zero-order chi connectivity index (χ0) is 24.0. The molecule has 0 aromatic heterocycles. The molecule has 1 N–H and O–H groups in total. The number of hydrogen-bond acceptors (Lipinski definition) is 7. The fourth-order valence-corrected chi connectivity index (χ4v) is 5.03. The number of rotatable bonds is 8. The van der Waals surface area contributed by atoms with E-state index >= 15 is 0 Å². The van der Waals surface area contributed by atoms with Crippen LogP contribution in [-0.4, -0.2) is 82.3 Å². The lowest BCUT2D eigenvalue weighted by Gasteiger charge is -2.24. The molecule has 10 heteroatoms. The minimum absolute atomic E-state index is 0.0527. The maximum atomic E-state index is 12.8. The Bertz CT molecular complexity index is 1080. The predicted molar refractivity (Wildman–Crippen MR) is 129 cm³/mol. The first-order valence-corrected chi connectivity index (χ1v) is 13.2. The molecule has 0 radical (unpaired) electrons. The van der Waals surface area contributed by atoms with Crippen LogP contribution in [0.5, 0.6) is 11.5 Å². The Morgan fingerprint density at radius 3 is 2.59 bits per heavy atom. The van der Waals surface area contributed by atoms with E-state index in [4.69, 9.17) is 14.2 Å². The van der Waals surface area contributed by atoms with Crippen LogP contribution in [-0.2, 0) is 26.2 Å².